The van der Waals surface area contributed by atoms with Crippen molar-refractivity contribution in [2.24, 2.45) is 0 Å². The van der Waals surface area contributed by atoms with Crippen LogP contribution in [0.3, 0.4) is 0 Å². The van der Waals surface area contributed by atoms with Gasteiger partial charge in [0.1, 0.15) is 11.6 Å². The highest BCUT2D eigenvalue weighted by Gasteiger charge is 2.11. The second-order valence-corrected chi connectivity index (χ2v) is 2.76. The Labute approximate surface area is 93.5 Å². The summed E-state index contributed by atoms with van der Waals surface area (Å²) in [5.74, 6) is 0.404. The van der Waals surface area contributed by atoms with Gasteiger partial charge in [-0.3, -0.25) is 0 Å². The highest BCUT2D eigenvalue weighted by atomic mass is 35.5. The largest absolute Gasteiger partial charge is 0.476 e. The summed E-state index contributed by atoms with van der Waals surface area (Å²) < 4.78 is 6.90. The summed E-state index contributed by atoms with van der Waals surface area (Å²) in [5.41, 5.74) is 1.27. The Bertz CT molecular complexity index is 501. The predicted molar refractivity (Wildman–Crippen MR) is 58.3 cm³/mol. The van der Waals surface area contributed by atoms with Crippen molar-refractivity contribution in [1.29, 1.82) is 5.26 Å². The fraction of sp³-hybridized carbons (Fsp3) is 0.200. The van der Waals surface area contributed by atoms with Crippen LogP contribution in [0.15, 0.2) is 24.4 Å². The number of aromatic nitrogens is 2. The molecule has 0 fully saturated rings. The van der Waals surface area contributed by atoms with E-state index in [0.717, 1.165) is 5.52 Å². The van der Waals surface area contributed by atoms with Gasteiger partial charge in [0.2, 0.25) is 0 Å². The van der Waals surface area contributed by atoms with Crippen LogP contribution in [0.5, 0.6) is 5.88 Å². The molecule has 4 nitrogen and oxygen atoms in total. The highest BCUT2D eigenvalue weighted by molar-refractivity contribution is 5.85. The summed E-state index contributed by atoms with van der Waals surface area (Å²) in [7, 11) is 0. The van der Waals surface area contributed by atoms with Crippen molar-refractivity contribution in [3.63, 3.8) is 0 Å². The summed E-state index contributed by atoms with van der Waals surface area (Å²) in [6.45, 7) is 2.38. The van der Waals surface area contributed by atoms with Gasteiger partial charge in [0.25, 0.3) is 5.88 Å². The summed E-state index contributed by atoms with van der Waals surface area (Å²) >= 11 is 0. The SMILES string of the molecule is CCOc1nn2ccccc2c1C#N.Cl. The van der Waals surface area contributed by atoms with E-state index in [9.17, 15) is 0 Å². The van der Waals surface area contributed by atoms with Gasteiger partial charge >= 0.3 is 0 Å². The average molecular weight is 224 g/mol. The van der Waals surface area contributed by atoms with Crippen LogP contribution in [0.25, 0.3) is 5.52 Å². The van der Waals surface area contributed by atoms with Crippen LogP contribution in [0.1, 0.15) is 12.5 Å². The fourth-order valence-electron chi connectivity index (χ4n) is 1.32. The summed E-state index contributed by atoms with van der Waals surface area (Å²) in [5, 5.41) is 13.1. The van der Waals surface area contributed by atoms with E-state index in [0.29, 0.717) is 18.1 Å². The maximum Gasteiger partial charge on any atom is 0.252 e. The van der Waals surface area contributed by atoms with E-state index in [1.807, 2.05) is 25.1 Å². The van der Waals surface area contributed by atoms with Crippen molar-refractivity contribution >= 4 is 17.9 Å². The molecule has 0 aliphatic carbocycles. The van der Waals surface area contributed by atoms with Gasteiger partial charge in [0.15, 0.2) is 0 Å². The number of pyridine rings is 1. The number of fused-ring (bicyclic) bond motifs is 1. The quantitative estimate of drug-likeness (QED) is 0.783. The number of rotatable bonds is 2. The molecule has 0 aliphatic heterocycles. The van der Waals surface area contributed by atoms with Crippen molar-refractivity contribution in [2.75, 3.05) is 6.61 Å². The van der Waals surface area contributed by atoms with Gasteiger partial charge < -0.3 is 4.74 Å². The van der Waals surface area contributed by atoms with Crippen molar-refractivity contribution in [3.8, 4) is 11.9 Å². The molecule has 2 heterocycles. The number of nitriles is 1. The molecule has 0 atom stereocenters. The first kappa shape index (κ1) is 11.3. The number of halogens is 1. The van der Waals surface area contributed by atoms with E-state index < -0.39 is 0 Å². The van der Waals surface area contributed by atoms with Gasteiger partial charge in [0.05, 0.1) is 12.1 Å². The predicted octanol–water partition coefficient (Wildman–Crippen LogP) is 2.03. The van der Waals surface area contributed by atoms with Gasteiger partial charge in [-0.15, -0.1) is 17.5 Å². The lowest BCUT2D eigenvalue weighted by atomic mass is 10.3. The van der Waals surface area contributed by atoms with Crippen LogP contribution in [0, 0.1) is 11.3 Å². The zero-order valence-electron chi connectivity index (χ0n) is 8.17. The van der Waals surface area contributed by atoms with Crippen LogP contribution in [-0.4, -0.2) is 16.2 Å². The molecule has 2 rings (SSSR count). The molecule has 15 heavy (non-hydrogen) atoms. The van der Waals surface area contributed by atoms with E-state index >= 15 is 0 Å². The summed E-state index contributed by atoms with van der Waals surface area (Å²) in [6, 6.07) is 7.66. The number of nitrogens with zero attached hydrogens (tertiary/aromatic N) is 3. The zero-order valence-corrected chi connectivity index (χ0v) is 8.99. The maximum atomic E-state index is 8.95. The number of hydrogen-bond donors (Lipinski definition) is 0. The van der Waals surface area contributed by atoms with Crippen LogP contribution in [-0.2, 0) is 0 Å². The first-order valence-corrected chi connectivity index (χ1v) is 4.37. The van der Waals surface area contributed by atoms with Gasteiger partial charge in [-0.05, 0) is 19.1 Å². The second kappa shape index (κ2) is 4.67. The van der Waals surface area contributed by atoms with E-state index in [-0.39, 0.29) is 12.4 Å². The first-order chi connectivity index (χ1) is 6.86. The van der Waals surface area contributed by atoms with Gasteiger partial charge in [-0.1, -0.05) is 6.07 Å². The molecule has 0 aliphatic rings. The Hall–Kier alpha value is -1.73. The lowest BCUT2D eigenvalue weighted by Crippen LogP contribution is -1.93. The Kier molecular flexibility index (Phi) is 3.53. The number of ether oxygens (including phenoxy) is 1. The number of hydrogen-bond acceptors (Lipinski definition) is 3. The molecule has 0 N–H and O–H groups in total. The Morgan fingerprint density at radius 1 is 1.53 bits per heavy atom. The first-order valence-electron chi connectivity index (χ1n) is 4.37. The topological polar surface area (TPSA) is 50.3 Å². The molecule has 0 saturated carbocycles. The summed E-state index contributed by atoms with van der Waals surface area (Å²) in [4.78, 5) is 0. The Morgan fingerprint density at radius 3 is 3.00 bits per heavy atom. The van der Waals surface area contributed by atoms with E-state index in [1.54, 1.807) is 10.7 Å². The molecule has 0 spiro atoms. The monoisotopic (exact) mass is 223 g/mol. The minimum absolute atomic E-state index is 0. The van der Waals surface area contributed by atoms with E-state index in [4.69, 9.17) is 10.00 Å². The van der Waals surface area contributed by atoms with Crippen molar-refractivity contribution in [2.45, 2.75) is 6.92 Å². The van der Waals surface area contributed by atoms with E-state index in [2.05, 4.69) is 11.2 Å². The second-order valence-electron chi connectivity index (χ2n) is 2.76. The third kappa shape index (κ3) is 1.88. The van der Waals surface area contributed by atoms with Crippen LogP contribution >= 0.6 is 12.4 Å². The third-order valence-electron chi connectivity index (χ3n) is 1.90. The van der Waals surface area contributed by atoms with Crippen molar-refractivity contribution < 1.29 is 4.74 Å². The zero-order chi connectivity index (χ0) is 9.97. The van der Waals surface area contributed by atoms with E-state index in [1.165, 1.54) is 0 Å². The molecule has 2 aromatic rings. The third-order valence-corrected chi connectivity index (χ3v) is 1.90. The molecule has 0 radical (unpaired) electrons. The van der Waals surface area contributed by atoms with Crippen molar-refractivity contribution in [3.05, 3.63) is 30.0 Å². The molecule has 0 aromatic carbocycles. The standard InChI is InChI=1S/C10H9N3O.ClH/c1-2-14-10-8(7-11)9-5-3-4-6-13(9)12-10;/h3-6H,2H2,1H3;1H. The van der Waals surface area contributed by atoms with Gasteiger partial charge in [0, 0.05) is 6.20 Å². The molecule has 0 bridgehead atoms. The normalized spacial score (nSPS) is 9.33. The molecular formula is C10H10ClN3O. The molecule has 78 valence electrons. The highest BCUT2D eigenvalue weighted by Crippen LogP contribution is 2.20. The molecule has 0 unspecified atom stereocenters. The lowest BCUT2D eigenvalue weighted by molar-refractivity contribution is 0.324. The smallest absolute Gasteiger partial charge is 0.252 e. The van der Waals surface area contributed by atoms with Crippen LogP contribution in [0.2, 0.25) is 0 Å². The maximum absolute atomic E-state index is 8.95. The van der Waals surface area contributed by atoms with Crippen LogP contribution < -0.4 is 4.74 Å². The van der Waals surface area contributed by atoms with Crippen LogP contribution in [0.4, 0.5) is 0 Å². The minimum Gasteiger partial charge on any atom is -0.476 e. The minimum atomic E-state index is 0. The molecule has 5 heteroatoms. The van der Waals surface area contributed by atoms with Crippen molar-refractivity contribution in [1.82, 2.24) is 9.61 Å². The fourth-order valence-corrected chi connectivity index (χ4v) is 1.32. The average Bonchev–Trinajstić information content (AvgIpc) is 2.55. The molecular weight excluding hydrogens is 214 g/mol. The molecule has 0 saturated heterocycles. The molecule has 0 amide bonds. The Balaban J connectivity index is 0.00000112. The lowest BCUT2D eigenvalue weighted by Gasteiger charge is -1.95. The van der Waals surface area contributed by atoms with Gasteiger partial charge in [-0.25, -0.2) is 4.52 Å². The Morgan fingerprint density at radius 2 is 2.33 bits per heavy atom. The molecule has 2 aromatic heterocycles. The van der Waals surface area contributed by atoms with Gasteiger partial charge in [-0.2, -0.15) is 5.26 Å². The summed E-state index contributed by atoms with van der Waals surface area (Å²) in [6.07, 6.45) is 1.79.